The fourth-order valence-corrected chi connectivity index (χ4v) is 1.53. The standard InChI is InChI=1S/C11H14BrN3O4/c1-11(2,3)19-10(16)14(4)8-6-5-7(12)9(13-8)15(17)18/h5-6H,1-4H3. The van der Waals surface area contributed by atoms with E-state index in [-0.39, 0.29) is 16.1 Å². The summed E-state index contributed by atoms with van der Waals surface area (Å²) in [5.74, 6) is -0.211. The van der Waals surface area contributed by atoms with Crippen LogP contribution < -0.4 is 4.90 Å². The zero-order valence-electron chi connectivity index (χ0n) is 11.0. The van der Waals surface area contributed by atoms with E-state index >= 15 is 0 Å². The molecule has 1 heterocycles. The van der Waals surface area contributed by atoms with Gasteiger partial charge in [-0.2, -0.15) is 0 Å². The average Bonchev–Trinajstić information content (AvgIpc) is 2.26. The molecule has 0 aromatic carbocycles. The van der Waals surface area contributed by atoms with Gasteiger partial charge in [0, 0.05) is 13.1 Å². The number of carbonyl (C=O) groups excluding carboxylic acids is 1. The second kappa shape index (κ2) is 5.52. The highest BCUT2D eigenvalue weighted by Crippen LogP contribution is 2.25. The Hall–Kier alpha value is -1.70. The number of hydrogen-bond acceptors (Lipinski definition) is 5. The van der Waals surface area contributed by atoms with Crippen LogP contribution in [0.5, 0.6) is 0 Å². The summed E-state index contributed by atoms with van der Waals surface area (Å²) in [5.41, 5.74) is -0.646. The molecule has 8 heteroatoms. The first-order valence-corrected chi connectivity index (χ1v) is 6.19. The van der Waals surface area contributed by atoms with Crippen LogP contribution in [0.1, 0.15) is 20.8 Å². The fourth-order valence-electron chi connectivity index (χ4n) is 1.16. The summed E-state index contributed by atoms with van der Waals surface area (Å²) in [6, 6.07) is 2.95. The van der Waals surface area contributed by atoms with E-state index in [1.165, 1.54) is 19.2 Å². The lowest BCUT2D eigenvalue weighted by molar-refractivity contribution is -0.390. The van der Waals surface area contributed by atoms with Gasteiger partial charge in [-0.3, -0.25) is 0 Å². The van der Waals surface area contributed by atoms with Gasteiger partial charge in [-0.05, 0) is 52.7 Å². The summed E-state index contributed by atoms with van der Waals surface area (Å²) in [6.45, 7) is 5.20. The smallest absolute Gasteiger partial charge is 0.417 e. The molecule has 0 N–H and O–H groups in total. The maximum absolute atomic E-state index is 11.8. The number of anilines is 1. The molecule has 1 aromatic heterocycles. The monoisotopic (exact) mass is 331 g/mol. The predicted octanol–water partition coefficient (Wildman–Crippen LogP) is 3.12. The molecule has 0 spiro atoms. The quantitative estimate of drug-likeness (QED) is 0.613. The van der Waals surface area contributed by atoms with E-state index in [0.29, 0.717) is 0 Å². The lowest BCUT2D eigenvalue weighted by Gasteiger charge is -2.22. The second-order valence-electron chi connectivity index (χ2n) is 4.77. The van der Waals surface area contributed by atoms with Crippen LogP contribution in [-0.2, 0) is 4.74 Å². The number of pyridine rings is 1. The van der Waals surface area contributed by atoms with Crippen molar-refractivity contribution in [1.82, 2.24) is 4.98 Å². The molecule has 0 aliphatic rings. The SMILES string of the molecule is CN(C(=O)OC(C)(C)C)c1ccc(Br)c([N+](=O)[O-])n1. The summed E-state index contributed by atoms with van der Waals surface area (Å²) in [7, 11) is 1.44. The van der Waals surface area contributed by atoms with E-state index in [2.05, 4.69) is 20.9 Å². The normalized spacial score (nSPS) is 11.0. The number of hydrogen-bond donors (Lipinski definition) is 0. The van der Waals surface area contributed by atoms with Crippen molar-refractivity contribution >= 4 is 33.7 Å². The number of nitrogens with zero attached hydrogens (tertiary/aromatic N) is 3. The third-order valence-electron chi connectivity index (χ3n) is 2.00. The molecular weight excluding hydrogens is 318 g/mol. The van der Waals surface area contributed by atoms with Crippen LogP contribution in [0.4, 0.5) is 16.4 Å². The van der Waals surface area contributed by atoms with Gasteiger partial charge in [0.15, 0.2) is 0 Å². The first-order chi connectivity index (χ1) is 8.61. The number of nitro groups is 1. The molecule has 0 saturated carbocycles. The van der Waals surface area contributed by atoms with Crippen LogP contribution in [-0.4, -0.2) is 28.6 Å². The number of rotatable bonds is 2. The van der Waals surface area contributed by atoms with Crippen LogP contribution in [0.3, 0.4) is 0 Å². The largest absolute Gasteiger partial charge is 0.443 e. The highest BCUT2D eigenvalue weighted by molar-refractivity contribution is 9.10. The molecule has 0 radical (unpaired) electrons. The number of aromatic nitrogens is 1. The Balaban J connectivity index is 3.00. The summed E-state index contributed by atoms with van der Waals surface area (Å²) < 4.78 is 5.40. The number of ether oxygens (including phenoxy) is 1. The minimum Gasteiger partial charge on any atom is -0.443 e. The van der Waals surface area contributed by atoms with Crippen LogP contribution in [0, 0.1) is 10.1 Å². The Morgan fingerprint density at radius 1 is 1.47 bits per heavy atom. The fraction of sp³-hybridized carbons (Fsp3) is 0.455. The van der Waals surface area contributed by atoms with Crippen LogP contribution in [0.15, 0.2) is 16.6 Å². The molecule has 0 fully saturated rings. The Morgan fingerprint density at radius 3 is 2.53 bits per heavy atom. The Kier molecular flexibility index (Phi) is 4.46. The van der Waals surface area contributed by atoms with E-state index in [4.69, 9.17) is 4.74 Å². The van der Waals surface area contributed by atoms with Crippen LogP contribution >= 0.6 is 15.9 Å². The molecule has 0 unspecified atom stereocenters. The first-order valence-electron chi connectivity index (χ1n) is 5.39. The molecule has 7 nitrogen and oxygen atoms in total. The molecule has 104 valence electrons. The zero-order chi connectivity index (χ0) is 14.8. The van der Waals surface area contributed by atoms with E-state index in [1.54, 1.807) is 20.8 Å². The summed E-state index contributed by atoms with van der Waals surface area (Å²) in [6.07, 6.45) is -0.628. The van der Waals surface area contributed by atoms with Gasteiger partial charge in [-0.25, -0.2) is 9.69 Å². The summed E-state index contributed by atoms with van der Waals surface area (Å²) in [4.78, 5) is 26.9. The van der Waals surface area contributed by atoms with Crippen molar-refractivity contribution in [3.63, 3.8) is 0 Å². The van der Waals surface area contributed by atoms with E-state index in [0.717, 1.165) is 4.90 Å². The Labute approximate surface area is 118 Å². The van der Waals surface area contributed by atoms with Crippen molar-refractivity contribution in [2.75, 3.05) is 11.9 Å². The van der Waals surface area contributed by atoms with Crippen molar-refractivity contribution in [2.45, 2.75) is 26.4 Å². The van der Waals surface area contributed by atoms with Crippen molar-refractivity contribution in [3.8, 4) is 0 Å². The average molecular weight is 332 g/mol. The molecule has 0 aliphatic heterocycles. The van der Waals surface area contributed by atoms with Crippen LogP contribution in [0.25, 0.3) is 0 Å². The maximum Gasteiger partial charge on any atom is 0.417 e. The molecule has 1 amide bonds. The zero-order valence-corrected chi connectivity index (χ0v) is 12.6. The summed E-state index contributed by atoms with van der Waals surface area (Å²) in [5, 5.41) is 10.8. The Morgan fingerprint density at radius 2 is 2.05 bits per heavy atom. The molecule has 1 rings (SSSR count). The highest BCUT2D eigenvalue weighted by Gasteiger charge is 2.25. The second-order valence-corrected chi connectivity index (χ2v) is 5.63. The Bertz CT molecular complexity index is 513. The molecule has 0 bridgehead atoms. The molecule has 19 heavy (non-hydrogen) atoms. The van der Waals surface area contributed by atoms with Crippen molar-refractivity contribution < 1.29 is 14.5 Å². The lowest BCUT2D eigenvalue weighted by atomic mass is 10.2. The van der Waals surface area contributed by atoms with Gasteiger partial charge in [0.2, 0.25) is 0 Å². The lowest BCUT2D eigenvalue weighted by Crippen LogP contribution is -2.34. The van der Waals surface area contributed by atoms with Gasteiger partial charge in [-0.15, -0.1) is 0 Å². The van der Waals surface area contributed by atoms with Gasteiger partial charge >= 0.3 is 11.9 Å². The van der Waals surface area contributed by atoms with Gasteiger partial charge < -0.3 is 14.9 Å². The van der Waals surface area contributed by atoms with Gasteiger partial charge in [0.1, 0.15) is 10.1 Å². The van der Waals surface area contributed by atoms with Crippen molar-refractivity contribution in [3.05, 3.63) is 26.7 Å². The first kappa shape index (κ1) is 15.4. The van der Waals surface area contributed by atoms with E-state index in [1.807, 2.05) is 0 Å². The molecule has 0 atom stereocenters. The number of amides is 1. The molecule has 1 aromatic rings. The van der Waals surface area contributed by atoms with Gasteiger partial charge in [0.25, 0.3) is 5.82 Å². The topological polar surface area (TPSA) is 85.6 Å². The molecule has 0 aliphatic carbocycles. The summed E-state index contributed by atoms with van der Waals surface area (Å²) >= 11 is 3.03. The van der Waals surface area contributed by atoms with Crippen LogP contribution in [0.2, 0.25) is 0 Å². The van der Waals surface area contributed by atoms with E-state index < -0.39 is 16.6 Å². The maximum atomic E-state index is 11.8. The number of carbonyl (C=O) groups is 1. The molecule has 0 saturated heterocycles. The third kappa shape index (κ3) is 4.16. The highest BCUT2D eigenvalue weighted by atomic mass is 79.9. The number of halogens is 1. The molecular formula is C11H14BrN3O4. The van der Waals surface area contributed by atoms with Gasteiger partial charge in [-0.1, -0.05) is 0 Å². The minimum absolute atomic E-state index is 0.143. The minimum atomic E-state index is -0.646. The predicted molar refractivity (Wildman–Crippen MR) is 73.2 cm³/mol. The van der Waals surface area contributed by atoms with Crippen molar-refractivity contribution in [1.29, 1.82) is 0 Å². The van der Waals surface area contributed by atoms with E-state index in [9.17, 15) is 14.9 Å². The van der Waals surface area contributed by atoms with Crippen molar-refractivity contribution in [2.24, 2.45) is 0 Å². The van der Waals surface area contributed by atoms with Gasteiger partial charge in [0.05, 0.1) is 0 Å². The third-order valence-corrected chi connectivity index (χ3v) is 2.62.